The molecule has 0 spiro atoms. The van der Waals surface area contributed by atoms with E-state index >= 15 is 0 Å². The van der Waals surface area contributed by atoms with E-state index in [1.54, 1.807) is 17.3 Å². The van der Waals surface area contributed by atoms with Gasteiger partial charge in [-0.05, 0) is 36.5 Å². The lowest BCUT2D eigenvalue weighted by molar-refractivity contribution is -0.132. The smallest absolute Gasteiger partial charge is 0.224 e. The molecule has 0 aliphatic rings. The number of hydrogen-bond acceptors (Lipinski definition) is 3. The predicted molar refractivity (Wildman–Crippen MR) is 82.1 cm³/mol. The second-order valence-electron chi connectivity index (χ2n) is 6.69. The van der Waals surface area contributed by atoms with E-state index in [-0.39, 0.29) is 23.4 Å². The van der Waals surface area contributed by atoms with Crippen LogP contribution >= 0.6 is 0 Å². The van der Waals surface area contributed by atoms with E-state index in [4.69, 9.17) is 5.73 Å². The second-order valence-corrected chi connectivity index (χ2v) is 6.69. The van der Waals surface area contributed by atoms with Crippen LogP contribution in [0.2, 0.25) is 0 Å². The lowest BCUT2D eigenvalue weighted by Gasteiger charge is -2.28. The van der Waals surface area contributed by atoms with E-state index in [0.29, 0.717) is 6.42 Å². The fraction of sp³-hybridized carbons (Fsp3) is 0.625. The maximum absolute atomic E-state index is 12.3. The van der Waals surface area contributed by atoms with Crippen LogP contribution in [0.3, 0.4) is 0 Å². The summed E-state index contributed by atoms with van der Waals surface area (Å²) >= 11 is 0. The van der Waals surface area contributed by atoms with Crippen LogP contribution in [0.1, 0.15) is 52.1 Å². The largest absolute Gasteiger partial charge is 0.339 e. The highest BCUT2D eigenvalue weighted by Gasteiger charge is 2.22. The van der Waals surface area contributed by atoms with Gasteiger partial charge in [-0.25, -0.2) is 0 Å². The zero-order chi connectivity index (χ0) is 15.3. The molecule has 0 fully saturated rings. The SMILES string of the molecule is CC(c1ccncc1)N(C)C(=O)CC(N)CC(C)(C)C. The lowest BCUT2D eigenvalue weighted by atomic mass is 9.87. The minimum absolute atomic E-state index is 0.0346. The second kappa shape index (κ2) is 6.84. The molecule has 4 heteroatoms. The Morgan fingerprint density at radius 1 is 1.35 bits per heavy atom. The first kappa shape index (κ1) is 16.6. The van der Waals surface area contributed by atoms with Gasteiger partial charge in [-0.15, -0.1) is 0 Å². The molecule has 0 aliphatic carbocycles. The number of nitrogens with two attached hydrogens (primary N) is 1. The fourth-order valence-electron chi connectivity index (χ4n) is 2.31. The first-order valence-corrected chi connectivity index (χ1v) is 7.12. The van der Waals surface area contributed by atoms with E-state index in [2.05, 4.69) is 25.8 Å². The van der Waals surface area contributed by atoms with Gasteiger partial charge in [0.2, 0.25) is 5.91 Å². The first-order chi connectivity index (χ1) is 9.20. The summed E-state index contributed by atoms with van der Waals surface area (Å²) in [5, 5.41) is 0. The van der Waals surface area contributed by atoms with Crippen LogP contribution in [0, 0.1) is 5.41 Å². The molecule has 0 radical (unpaired) electrons. The summed E-state index contributed by atoms with van der Waals surface area (Å²) in [5.41, 5.74) is 7.31. The van der Waals surface area contributed by atoms with Crippen LogP contribution in [0.25, 0.3) is 0 Å². The molecule has 0 saturated heterocycles. The number of hydrogen-bond donors (Lipinski definition) is 1. The van der Waals surface area contributed by atoms with Crippen LogP contribution in [0.4, 0.5) is 0 Å². The molecule has 2 N–H and O–H groups in total. The van der Waals surface area contributed by atoms with E-state index in [9.17, 15) is 4.79 Å². The van der Waals surface area contributed by atoms with Gasteiger partial charge < -0.3 is 10.6 Å². The van der Waals surface area contributed by atoms with E-state index in [0.717, 1.165) is 12.0 Å². The van der Waals surface area contributed by atoms with Crippen molar-refractivity contribution < 1.29 is 4.79 Å². The molecular weight excluding hydrogens is 250 g/mol. The van der Waals surface area contributed by atoms with E-state index < -0.39 is 0 Å². The Kier molecular flexibility index (Phi) is 5.69. The summed E-state index contributed by atoms with van der Waals surface area (Å²) in [4.78, 5) is 18.0. The van der Waals surface area contributed by atoms with Gasteiger partial charge in [0.05, 0.1) is 6.04 Å². The summed E-state index contributed by atoms with van der Waals surface area (Å²) in [6.07, 6.45) is 4.73. The zero-order valence-corrected chi connectivity index (χ0v) is 13.3. The Labute approximate surface area is 122 Å². The zero-order valence-electron chi connectivity index (χ0n) is 13.3. The summed E-state index contributed by atoms with van der Waals surface area (Å²) < 4.78 is 0. The molecule has 2 atom stereocenters. The van der Waals surface area contributed by atoms with Crippen LogP contribution in [0.5, 0.6) is 0 Å². The molecule has 1 heterocycles. The average molecular weight is 277 g/mol. The van der Waals surface area contributed by atoms with E-state index in [1.165, 1.54) is 0 Å². The van der Waals surface area contributed by atoms with Gasteiger partial charge >= 0.3 is 0 Å². The molecule has 20 heavy (non-hydrogen) atoms. The molecule has 1 rings (SSSR count). The van der Waals surface area contributed by atoms with Crippen molar-refractivity contribution in [3.8, 4) is 0 Å². The van der Waals surface area contributed by atoms with Crippen molar-refractivity contribution in [1.29, 1.82) is 0 Å². The third-order valence-electron chi connectivity index (χ3n) is 3.47. The van der Waals surface area contributed by atoms with Gasteiger partial charge in [0.25, 0.3) is 0 Å². The van der Waals surface area contributed by atoms with Crippen LogP contribution in [-0.4, -0.2) is 28.9 Å². The van der Waals surface area contributed by atoms with E-state index in [1.807, 2.05) is 26.1 Å². The Balaban J connectivity index is 2.59. The molecule has 112 valence electrons. The number of pyridine rings is 1. The quantitative estimate of drug-likeness (QED) is 0.900. The molecule has 4 nitrogen and oxygen atoms in total. The summed E-state index contributed by atoms with van der Waals surface area (Å²) in [6, 6.07) is 3.81. The van der Waals surface area contributed by atoms with Crippen molar-refractivity contribution in [3.63, 3.8) is 0 Å². The predicted octanol–water partition coefficient (Wildman–Crippen LogP) is 2.75. The van der Waals surface area contributed by atoms with Gasteiger partial charge in [-0.1, -0.05) is 20.8 Å². The maximum Gasteiger partial charge on any atom is 0.224 e. The number of rotatable bonds is 5. The molecule has 0 aliphatic heterocycles. The average Bonchev–Trinajstić information content (AvgIpc) is 2.35. The highest BCUT2D eigenvalue weighted by atomic mass is 16.2. The standard InChI is InChI=1S/C16H27N3O/c1-12(13-6-8-18-9-7-13)19(5)15(20)10-14(17)11-16(2,3)4/h6-9,12,14H,10-11,17H2,1-5H3. The first-order valence-electron chi connectivity index (χ1n) is 7.12. The number of carbonyl (C=O) groups is 1. The van der Waals surface area contributed by atoms with Gasteiger partial charge in [0.1, 0.15) is 0 Å². The van der Waals surface area contributed by atoms with Crippen molar-refractivity contribution in [3.05, 3.63) is 30.1 Å². The summed E-state index contributed by atoms with van der Waals surface area (Å²) in [5.74, 6) is 0.0889. The van der Waals surface area contributed by atoms with Gasteiger partial charge in [-0.3, -0.25) is 9.78 Å². The van der Waals surface area contributed by atoms with Gasteiger partial charge in [0, 0.05) is 31.9 Å². The van der Waals surface area contributed by atoms with Crippen molar-refractivity contribution in [2.75, 3.05) is 7.05 Å². The molecule has 1 aromatic heterocycles. The third-order valence-corrected chi connectivity index (χ3v) is 3.47. The minimum Gasteiger partial charge on any atom is -0.339 e. The van der Waals surface area contributed by atoms with Crippen molar-refractivity contribution in [1.82, 2.24) is 9.88 Å². The number of carbonyl (C=O) groups excluding carboxylic acids is 1. The van der Waals surface area contributed by atoms with Crippen molar-refractivity contribution >= 4 is 5.91 Å². The topological polar surface area (TPSA) is 59.2 Å². The minimum atomic E-state index is -0.0883. The van der Waals surface area contributed by atoms with Crippen LogP contribution in [-0.2, 0) is 4.79 Å². The summed E-state index contributed by atoms with van der Waals surface area (Å²) in [7, 11) is 1.83. The normalized spacial score (nSPS) is 14.7. The van der Waals surface area contributed by atoms with Gasteiger partial charge in [0.15, 0.2) is 0 Å². The van der Waals surface area contributed by atoms with Crippen LogP contribution in [0.15, 0.2) is 24.5 Å². The van der Waals surface area contributed by atoms with Crippen LogP contribution < -0.4 is 5.73 Å². The third kappa shape index (κ3) is 5.29. The molecule has 1 aromatic rings. The maximum atomic E-state index is 12.3. The molecule has 0 saturated carbocycles. The Hall–Kier alpha value is -1.42. The molecule has 2 unspecified atom stereocenters. The number of amides is 1. The molecule has 0 bridgehead atoms. The van der Waals surface area contributed by atoms with Gasteiger partial charge in [-0.2, -0.15) is 0 Å². The molecule has 0 aromatic carbocycles. The Bertz CT molecular complexity index is 425. The number of nitrogens with zero attached hydrogens (tertiary/aromatic N) is 2. The Morgan fingerprint density at radius 3 is 2.40 bits per heavy atom. The molecule has 1 amide bonds. The van der Waals surface area contributed by atoms with Crippen molar-refractivity contribution in [2.24, 2.45) is 11.1 Å². The number of aromatic nitrogens is 1. The molecular formula is C16H27N3O. The summed E-state index contributed by atoms with van der Waals surface area (Å²) in [6.45, 7) is 8.43. The highest BCUT2D eigenvalue weighted by Crippen LogP contribution is 2.23. The lowest BCUT2D eigenvalue weighted by Crippen LogP contribution is -2.36. The monoisotopic (exact) mass is 277 g/mol. The Morgan fingerprint density at radius 2 is 1.90 bits per heavy atom. The highest BCUT2D eigenvalue weighted by molar-refractivity contribution is 5.77. The van der Waals surface area contributed by atoms with Crippen molar-refractivity contribution in [2.45, 2.75) is 52.6 Å². The fourth-order valence-corrected chi connectivity index (χ4v) is 2.31.